The van der Waals surface area contributed by atoms with Gasteiger partial charge in [0.15, 0.2) is 6.61 Å². The summed E-state index contributed by atoms with van der Waals surface area (Å²) in [6.07, 6.45) is -1.28. The third-order valence-corrected chi connectivity index (χ3v) is 3.48. The number of amides is 3. The van der Waals surface area contributed by atoms with Crippen LogP contribution in [-0.4, -0.2) is 31.6 Å². The highest BCUT2D eigenvalue weighted by Crippen LogP contribution is 2.19. The molecule has 0 bridgehead atoms. The van der Waals surface area contributed by atoms with Gasteiger partial charge in [0.2, 0.25) is 6.10 Å². The Morgan fingerprint density at radius 3 is 2.31 bits per heavy atom. The van der Waals surface area contributed by atoms with Crippen molar-refractivity contribution in [1.29, 1.82) is 0 Å². The van der Waals surface area contributed by atoms with Crippen LogP contribution in [0, 0.1) is 0 Å². The molecule has 0 heterocycles. The monoisotopic (exact) mass is 376 g/mol. The van der Waals surface area contributed by atoms with Crippen LogP contribution in [0.2, 0.25) is 5.02 Å². The number of nitrogens with one attached hydrogen (secondary N) is 2. The summed E-state index contributed by atoms with van der Waals surface area (Å²) in [5.41, 5.74) is 0.425. The number of benzene rings is 2. The van der Waals surface area contributed by atoms with Gasteiger partial charge < -0.3 is 14.8 Å². The molecule has 0 aromatic heterocycles. The van der Waals surface area contributed by atoms with Crippen molar-refractivity contribution in [3.63, 3.8) is 0 Å². The highest BCUT2D eigenvalue weighted by Gasteiger charge is 2.26. The van der Waals surface area contributed by atoms with E-state index in [0.29, 0.717) is 16.3 Å². The van der Waals surface area contributed by atoms with Gasteiger partial charge in [0.1, 0.15) is 5.75 Å². The lowest BCUT2D eigenvalue weighted by Gasteiger charge is -2.17. The van der Waals surface area contributed by atoms with Crippen LogP contribution in [0.25, 0.3) is 0 Å². The van der Waals surface area contributed by atoms with E-state index in [-0.39, 0.29) is 0 Å². The Kier molecular flexibility index (Phi) is 6.99. The van der Waals surface area contributed by atoms with Crippen molar-refractivity contribution >= 4 is 29.5 Å². The van der Waals surface area contributed by atoms with Crippen LogP contribution >= 0.6 is 11.6 Å². The second-order valence-corrected chi connectivity index (χ2v) is 5.53. The van der Waals surface area contributed by atoms with Gasteiger partial charge in [-0.05, 0) is 24.3 Å². The number of carbonyl (C=O) groups is 3. The predicted molar refractivity (Wildman–Crippen MR) is 94.8 cm³/mol. The van der Waals surface area contributed by atoms with E-state index >= 15 is 0 Å². The van der Waals surface area contributed by atoms with Gasteiger partial charge in [-0.25, -0.2) is 9.59 Å². The minimum absolute atomic E-state index is 0.405. The molecular weight excluding hydrogens is 360 g/mol. The molecule has 0 unspecified atom stereocenters. The lowest BCUT2D eigenvalue weighted by molar-refractivity contribution is -0.158. The molecule has 0 aliphatic carbocycles. The van der Waals surface area contributed by atoms with Gasteiger partial charge in [-0.3, -0.25) is 10.1 Å². The van der Waals surface area contributed by atoms with Crippen LogP contribution in [0.4, 0.5) is 4.79 Å². The van der Waals surface area contributed by atoms with E-state index in [4.69, 9.17) is 21.1 Å². The summed E-state index contributed by atoms with van der Waals surface area (Å²) in [6.45, 7) is -0.405. The molecule has 0 fully saturated rings. The average Bonchev–Trinajstić information content (AvgIpc) is 2.66. The fraction of sp³-hybridized carbons (Fsp3) is 0.167. The first-order valence-electron chi connectivity index (χ1n) is 7.65. The third-order valence-electron chi connectivity index (χ3n) is 3.22. The first-order valence-corrected chi connectivity index (χ1v) is 8.02. The van der Waals surface area contributed by atoms with Crippen LogP contribution < -0.4 is 15.4 Å². The molecule has 2 aromatic carbocycles. The van der Waals surface area contributed by atoms with Crippen molar-refractivity contribution in [2.24, 2.45) is 0 Å². The summed E-state index contributed by atoms with van der Waals surface area (Å²) in [5.74, 6) is -1.10. The quantitative estimate of drug-likeness (QED) is 0.755. The van der Waals surface area contributed by atoms with Gasteiger partial charge in [0.25, 0.3) is 5.91 Å². The van der Waals surface area contributed by atoms with Crippen LogP contribution in [0.3, 0.4) is 0 Å². The molecule has 0 spiro atoms. The van der Waals surface area contributed by atoms with Gasteiger partial charge >= 0.3 is 12.0 Å². The zero-order valence-corrected chi connectivity index (χ0v) is 14.7. The first-order chi connectivity index (χ1) is 12.5. The molecule has 7 nitrogen and oxygen atoms in total. The molecule has 0 saturated heterocycles. The van der Waals surface area contributed by atoms with E-state index in [0.717, 1.165) is 0 Å². The third kappa shape index (κ3) is 5.78. The summed E-state index contributed by atoms with van der Waals surface area (Å²) >= 11 is 5.78. The summed E-state index contributed by atoms with van der Waals surface area (Å²) in [5, 5.41) is 4.89. The zero-order valence-electron chi connectivity index (χ0n) is 13.9. The fourth-order valence-corrected chi connectivity index (χ4v) is 2.11. The fourth-order valence-electron chi connectivity index (χ4n) is 1.98. The van der Waals surface area contributed by atoms with E-state index in [1.54, 1.807) is 54.6 Å². The lowest BCUT2D eigenvalue weighted by atomic mass is 10.1. The van der Waals surface area contributed by atoms with Crippen molar-refractivity contribution in [1.82, 2.24) is 10.6 Å². The standard InChI is InChI=1S/C18H17ClN2O5/c1-20-18(24)21-17(23)16(12-5-3-2-4-6-12)26-15(22)11-25-14-9-7-13(19)8-10-14/h2-10,16H,11H2,1H3,(H2,20,21,23,24)/t16-/m1/s1. The molecular formula is C18H17ClN2O5. The molecule has 0 aliphatic rings. The van der Waals surface area contributed by atoms with E-state index in [1.807, 2.05) is 0 Å². The van der Waals surface area contributed by atoms with Crippen LogP contribution in [-0.2, 0) is 14.3 Å². The number of halogens is 1. The number of urea groups is 1. The summed E-state index contributed by atoms with van der Waals surface area (Å²) in [6, 6.07) is 14.1. The normalized spacial score (nSPS) is 11.2. The summed E-state index contributed by atoms with van der Waals surface area (Å²) in [7, 11) is 1.37. The number of rotatable bonds is 6. The minimum atomic E-state index is -1.28. The molecule has 2 rings (SSSR count). The number of carbonyl (C=O) groups excluding carboxylic acids is 3. The highest BCUT2D eigenvalue weighted by molar-refractivity contribution is 6.30. The summed E-state index contributed by atoms with van der Waals surface area (Å²) < 4.78 is 10.5. The van der Waals surface area contributed by atoms with Crippen molar-refractivity contribution in [2.75, 3.05) is 13.7 Å². The second-order valence-electron chi connectivity index (χ2n) is 5.09. The van der Waals surface area contributed by atoms with Crippen LogP contribution in [0.15, 0.2) is 54.6 Å². The Labute approximate surface area is 155 Å². The molecule has 2 N–H and O–H groups in total. The molecule has 3 amide bonds. The Balaban J connectivity index is 2.03. The van der Waals surface area contributed by atoms with Gasteiger partial charge in [-0.1, -0.05) is 41.9 Å². The molecule has 0 saturated carbocycles. The van der Waals surface area contributed by atoms with E-state index in [1.165, 1.54) is 7.05 Å². The predicted octanol–water partition coefficient (Wildman–Crippen LogP) is 2.46. The minimum Gasteiger partial charge on any atom is -0.482 e. The summed E-state index contributed by atoms with van der Waals surface area (Å²) in [4.78, 5) is 35.7. The number of esters is 1. The maximum atomic E-state index is 12.3. The van der Waals surface area contributed by atoms with Crippen molar-refractivity contribution in [2.45, 2.75) is 6.10 Å². The molecule has 136 valence electrons. The van der Waals surface area contributed by atoms with Gasteiger partial charge in [0.05, 0.1) is 0 Å². The number of imide groups is 1. The number of ether oxygens (including phenoxy) is 2. The lowest BCUT2D eigenvalue weighted by Crippen LogP contribution is -2.41. The van der Waals surface area contributed by atoms with Crippen molar-refractivity contribution in [3.05, 3.63) is 65.2 Å². The topological polar surface area (TPSA) is 93.7 Å². The van der Waals surface area contributed by atoms with E-state index in [9.17, 15) is 14.4 Å². The van der Waals surface area contributed by atoms with Crippen LogP contribution in [0.1, 0.15) is 11.7 Å². The molecule has 0 aliphatic heterocycles. The van der Waals surface area contributed by atoms with Gasteiger partial charge in [0, 0.05) is 17.6 Å². The van der Waals surface area contributed by atoms with E-state index in [2.05, 4.69) is 10.6 Å². The zero-order chi connectivity index (χ0) is 18.9. The molecule has 8 heteroatoms. The molecule has 26 heavy (non-hydrogen) atoms. The van der Waals surface area contributed by atoms with Crippen LogP contribution in [0.5, 0.6) is 5.75 Å². The Morgan fingerprint density at radius 1 is 1.04 bits per heavy atom. The van der Waals surface area contributed by atoms with Gasteiger partial charge in [-0.15, -0.1) is 0 Å². The second kappa shape index (κ2) is 9.43. The Bertz CT molecular complexity index is 765. The Morgan fingerprint density at radius 2 is 1.69 bits per heavy atom. The van der Waals surface area contributed by atoms with Crippen molar-refractivity contribution < 1.29 is 23.9 Å². The van der Waals surface area contributed by atoms with Crippen molar-refractivity contribution in [3.8, 4) is 5.75 Å². The molecule has 1 atom stereocenters. The average molecular weight is 377 g/mol. The highest BCUT2D eigenvalue weighted by atomic mass is 35.5. The molecule has 0 radical (unpaired) electrons. The van der Waals surface area contributed by atoms with Gasteiger partial charge in [-0.2, -0.15) is 0 Å². The smallest absolute Gasteiger partial charge is 0.345 e. The molecule has 2 aromatic rings. The number of hydrogen-bond donors (Lipinski definition) is 2. The maximum Gasteiger partial charge on any atom is 0.345 e. The maximum absolute atomic E-state index is 12.3. The Hall–Kier alpha value is -3.06. The largest absolute Gasteiger partial charge is 0.482 e. The number of hydrogen-bond acceptors (Lipinski definition) is 5. The first kappa shape index (κ1) is 19.3. The SMILES string of the molecule is CNC(=O)NC(=O)[C@H](OC(=O)COc1ccc(Cl)cc1)c1ccccc1. The van der Waals surface area contributed by atoms with E-state index < -0.39 is 30.6 Å².